The summed E-state index contributed by atoms with van der Waals surface area (Å²) in [5, 5.41) is 0. The predicted octanol–water partition coefficient (Wildman–Crippen LogP) is 1.26. The van der Waals surface area contributed by atoms with E-state index in [1.165, 1.54) is 6.92 Å². The SMILES string of the molecule is CC(OOC(C)(C)C)P(=O)(O)O. The summed E-state index contributed by atoms with van der Waals surface area (Å²) in [4.78, 5) is 26.4. The van der Waals surface area contributed by atoms with E-state index in [1.807, 2.05) is 0 Å². The standard InChI is InChI=1S/C6H15O5P/c1-5(12(7,8)9)10-11-6(2,3)4/h5H,1-4H3,(H2,7,8,9). The highest BCUT2D eigenvalue weighted by Crippen LogP contribution is 2.41. The van der Waals surface area contributed by atoms with E-state index in [0.29, 0.717) is 0 Å². The molecule has 1 atom stereocenters. The Morgan fingerprint density at radius 3 is 2.00 bits per heavy atom. The second kappa shape index (κ2) is 3.85. The van der Waals surface area contributed by atoms with Crippen molar-refractivity contribution in [2.24, 2.45) is 0 Å². The van der Waals surface area contributed by atoms with Crippen LogP contribution in [0.1, 0.15) is 27.7 Å². The van der Waals surface area contributed by atoms with Gasteiger partial charge in [0.05, 0.1) is 5.60 Å². The van der Waals surface area contributed by atoms with Crippen LogP contribution in [0.5, 0.6) is 0 Å². The van der Waals surface area contributed by atoms with Gasteiger partial charge in [-0.1, -0.05) is 0 Å². The molecular weight excluding hydrogens is 183 g/mol. The maximum absolute atomic E-state index is 10.5. The minimum atomic E-state index is -4.19. The van der Waals surface area contributed by atoms with E-state index in [0.717, 1.165) is 0 Å². The van der Waals surface area contributed by atoms with Gasteiger partial charge < -0.3 is 9.79 Å². The van der Waals surface area contributed by atoms with Crippen molar-refractivity contribution in [2.75, 3.05) is 0 Å². The third-order valence-corrected chi connectivity index (χ3v) is 1.94. The lowest BCUT2D eigenvalue weighted by Crippen LogP contribution is -2.22. The summed E-state index contributed by atoms with van der Waals surface area (Å²) in [6, 6.07) is 0. The maximum Gasteiger partial charge on any atom is 0.357 e. The minimum absolute atomic E-state index is 0.566. The zero-order valence-electron chi connectivity index (χ0n) is 7.64. The summed E-state index contributed by atoms with van der Waals surface area (Å²) in [6.07, 6.45) is 0. The molecule has 2 N–H and O–H groups in total. The largest absolute Gasteiger partial charge is 0.357 e. The monoisotopic (exact) mass is 198 g/mol. The van der Waals surface area contributed by atoms with Gasteiger partial charge >= 0.3 is 7.60 Å². The van der Waals surface area contributed by atoms with E-state index in [2.05, 4.69) is 4.89 Å². The Kier molecular flexibility index (Phi) is 3.87. The van der Waals surface area contributed by atoms with Crippen molar-refractivity contribution in [3.63, 3.8) is 0 Å². The maximum atomic E-state index is 10.5. The molecule has 0 aromatic heterocycles. The molecule has 0 amide bonds. The van der Waals surface area contributed by atoms with E-state index in [9.17, 15) is 4.57 Å². The van der Waals surface area contributed by atoms with E-state index in [4.69, 9.17) is 14.7 Å². The van der Waals surface area contributed by atoms with Crippen molar-refractivity contribution in [1.29, 1.82) is 0 Å². The summed E-state index contributed by atoms with van der Waals surface area (Å²) in [5.74, 6) is -1.23. The van der Waals surface area contributed by atoms with E-state index >= 15 is 0 Å². The molecule has 5 nitrogen and oxygen atoms in total. The second-order valence-electron chi connectivity index (χ2n) is 3.48. The Morgan fingerprint density at radius 1 is 1.33 bits per heavy atom. The van der Waals surface area contributed by atoms with E-state index < -0.39 is 19.0 Å². The molecule has 0 heterocycles. The summed E-state index contributed by atoms with van der Waals surface area (Å²) in [7, 11) is -4.19. The third-order valence-electron chi connectivity index (χ3n) is 0.911. The van der Waals surface area contributed by atoms with Gasteiger partial charge in [0.15, 0.2) is 5.85 Å². The second-order valence-corrected chi connectivity index (χ2v) is 5.39. The fourth-order valence-corrected chi connectivity index (χ4v) is 0.425. The molecule has 0 aliphatic carbocycles. The molecule has 0 radical (unpaired) electrons. The zero-order chi connectivity index (χ0) is 9.99. The molecule has 0 aliphatic heterocycles. The van der Waals surface area contributed by atoms with Gasteiger partial charge in [-0.25, -0.2) is 9.78 Å². The molecular formula is C6H15O5P. The quantitative estimate of drug-likeness (QED) is 0.405. The van der Waals surface area contributed by atoms with Crippen LogP contribution >= 0.6 is 7.60 Å². The first-order valence-corrected chi connectivity index (χ1v) is 5.21. The van der Waals surface area contributed by atoms with Gasteiger partial charge in [-0.2, -0.15) is 0 Å². The topological polar surface area (TPSA) is 76.0 Å². The van der Waals surface area contributed by atoms with Crippen molar-refractivity contribution in [3.8, 4) is 0 Å². The molecule has 0 saturated heterocycles. The summed E-state index contributed by atoms with van der Waals surface area (Å²) >= 11 is 0. The first kappa shape index (κ1) is 12.1. The highest BCUT2D eigenvalue weighted by Gasteiger charge is 2.27. The molecule has 6 heteroatoms. The van der Waals surface area contributed by atoms with Gasteiger partial charge in [-0.05, 0) is 27.7 Å². The summed E-state index contributed by atoms with van der Waals surface area (Å²) < 4.78 is 10.5. The van der Waals surface area contributed by atoms with Crippen molar-refractivity contribution in [1.82, 2.24) is 0 Å². The normalized spacial score (nSPS) is 16.2. The number of hydrogen-bond donors (Lipinski definition) is 2. The van der Waals surface area contributed by atoms with Crippen LogP contribution in [0.4, 0.5) is 0 Å². The van der Waals surface area contributed by atoms with Crippen LogP contribution in [-0.4, -0.2) is 21.2 Å². The molecule has 0 aromatic rings. The first-order chi connectivity index (χ1) is 5.13. The van der Waals surface area contributed by atoms with Crippen LogP contribution in [0.25, 0.3) is 0 Å². The van der Waals surface area contributed by atoms with E-state index in [-0.39, 0.29) is 0 Å². The van der Waals surface area contributed by atoms with Crippen molar-refractivity contribution in [3.05, 3.63) is 0 Å². The van der Waals surface area contributed by atoms with Crippen LogP contribution in [-0.2, 0) is 14.3 Å². The summed E-state index contributed by atoms with van der Waals surface area (Å²) in [6.45, 7) is 6.42. The van der Waals surface area contributed by atoms with Gasteiger partial charge in [0, 0.05) is 0 Å². The van der Waals surface area contributed by atoms with Crippen LogP contribution in [0, 0.1) is 0 Å². The van der Waals surface area contributed by atoms with Gasteiger partial charge in [-0.3, -0.25) is 4.57 Å². The third kappa shape index (κ3) is 5.69. The number of rotatable bonds is 3. The van der Waals surface area contributed by atoms with Gasteiger partial charge in [0.1, 0.15) is 0 Å². The van der Waals surface area contributed by atoms with E-state index in [1.54, 1.807) is 20.8 Å². The lowest BCUT2D eigenvalue weighted by molar-refractivity contribution is -0.357. The van der Waals surface area contributed by atoms with Crippen LogP contribution in [0.3, 0.4) is 0 Å². The van der Waals surface area contributed by atoms with Crippen molar-refractivity contribution in [2.45, 2.75) is 39.1 Å². The molecule has 0 rings (SSSR count). The molecule has 0 spiro atoms. The molecule has 0 aliphatic rings. The fraction of sp³-hybridized carbons (Fsp3) is 1.00. The smallest absolute Gasteiger partial charge is 0.323 e. The van der Waals surface area contributed by atoms with Crippen LogP contribution in [0.15, 0.2) is 0 Å². The lowest BCUT2D eigenvalue weighted by Gasteiger charge is -2.21. The molecule has 0 bridgehead atoms. The van der Waals surface area contributed by atoms with Crippen LogP contribution < -0.4 is 0 Å². The molecule has 0 saturated carbocycles. The summed E-state index contributed by atoms with van der Waals surface area (Å²) in [5.41, 5.74) is -0.566. The van der Waals surface area contributed by atoms with Gasteiger partial charge in [0.25, 0.3) is 0 Å². The molecule has 12 heavy (non-hydrogen) atoms. The zero-order valence-corrected chi connectivity index (χ0v) is 8.54. The van der Waals surface area contributed by atoms with Gasteiger partial charge in [-0.15, -0.1) is 0 Å². The average Bonchev–Trinajstić information content (AvgIpc) is 1.78. The van der Waals surface area contributed by atoms with Crippen molar-refractivity contribution >= 4 is 7.60 Å². The number of hydrogen-bond acceptors (Lipinski definition) is 3. The highest BCUT2D eigenvalue weighted by atomic mass is 31.2. The molecule has 0 aromatic carbocycles. The Hall–Kier alpha value is 0.0700. The Bertz CT molecular complexity index is 179. The van der Waals surface area contributed by atoms with Crippen molar-refractivity contribution < 1.29 is 24.1 Å². The first-order valence-electron chi connectivity index (χ1n) is 3.52. The lowest BCUT2D eigenvalue weighted by atomic mass is 10.2. The minimum Gasteiger partial charge on any atom is -0.323 e. The fourth-order valence-electron chi connectivity index (χ4n) is 0.270. The Labute approximate surface area is 71.8 Å². The Morgan fingerprint density at radius 2 is 1.75 bits per heavy atom. The molecule has 74 valence electrons. The molecule has 0 fully saturated rings. The average molecular weight is 198 g/mol. The highest BCUT2D eigenvalue weighted by molar-refractivity contribution is 7.52. The van der Waals surface area contributed by atoms with Crippen LogP contribution in [0.2, 0.25) is 0 Å². The molecule has 1 unspecified atom stereocenters. The predicted molar refractivity (Wildman–Crippen MR) is 43.4 cm³/mol. The van der Waals surface area contributed by atoms with Gasteiger partial charge in [0.2, 0.25) is 0 Å². The Balaban J connectivity index is 3.89.